The molecule has 0 heteroatoms. The highest BCUT2D eigenvalue weighted by atomic mass is 14.1. The summed E-state index contributed by atoms with van der Waals surface area (Å²) in [5, 5.41) is 0. The van der Waals surface area contributed by atoms with E-state index in [1.165, 1.54) is 73.6 Å². The molecule has 0 atom stereocenters. The van der Waals surface area contributed by atoms with Crippen LogP contribution in [0.1, 0.15) is 104 Å². The van der Waals surface area contributed by atoms with Gasteiger partial charge in [-0.15, -0.1) is 0 Å². The Bertz CT molecular complexity index is 733. The van der Waals surface area contributed by atoms with E-state index >= 15 is 0 Å². The average Bonchev–Trinajstić information content (AvgIpc) is 3.29. The predicted molar refractivity (Wildman–Crippen MR) is 137 cm³/mol. The molecule has 0 aliphatic heterocycles. The predicted octanol–water partition coefficient (Wildman–Crippen LogP) is 9.99. The second-order valence-electron chi connectivity index (χ2n) is 9.34. The molecule has 0 unspecified atom stereocenters. The largest absolute Gasteiger partial charge is 0.0802 e. The lowest BCUT2D eigenvalue weighted by atomic mass is 9.94. The van der Waals surface area contributed by atoms with Gasteiger partial charge in [-0.05, 0) is 118 Å². The first-order valence-corrected chi connectivity index (χ1v) is 11.9. The summed E-state index contributed by atoms with van der Waals surface area (Å²) in [5.41, 5.74) is 12.2. The molecule has 1 aromatic carbocycles. The molecule has 4 rings (SSSR count). The molecular weight excluding hydrogens is 360 g/mol. The molecule has 0 saturated carbocycles. The van der Waals surface area contributed by atoms with Crippen molar-refractivity contribution in [1.82, 2.24) is 0 Å². The lowest BCUT2D eigenvalue weighted by Gasteiger charge is -2.12. The van der Waals surface area contributed by atoms with Crippen LogP contribution in [0.25, 0.3) is 0 Å². The maximum atomic E-state index is 2.26. The Morgan fingerprint density at radius 1 is 0.500 bits per heavy atom. The third-order valence-corrected chi connectivity index (χ3v) is 6.80. The monoisotopic (exact) mass is 406 g/mol. The molecule has 166 valence electrons. The van der Waals surface area contributed by atoms with E-state index in [0.29, 0.717) is 0 Å². The number of aryl methyl sites for hydroxylation is 2. The summed E-state index contributed by atoms with van der Waals surface area (Å²) in [6.45, 7) is 17.6. The second-order valence-corrected chi connectivity index (χ2v) is 9.34. The number of benzene rings is 1. The van der Waals surface area contributed by atoms with Gasteiger partial charge in [0.2, 0.25) is 0 Å². The molecule has 0 saturated heterocycles. The summed E-state index contributed by atoms with van der Waals surface area (Å²) in [6, 6.07) is 8.36. The molecule has 0 N–H and O–H groups in total. The van der Waals surface area contributed by atoms with E-state index in [-0.39, 0.29) is 0 Å². The molecule has 0 spiro atoms. The van der Waals surface area contributed by atoms with Crippen LogP contribution in [0.2, 0.25) is 0 Å². The van der Waals surface area contributed by atoms with Gasteiger partial charge in [0.05, 0.1) is 0 Å². The standard InChI is InChI=1S/C8H14.C8H10.C7H12.C7H10/c2*1-7-5-3-4-6-8(7)2;2*1-6-4-3-5-7(6)2/h3-6H2,1-2H3;3-6H,1-2H3;3-5H2,1-2H3;3-4H,5H2,1-2H3. The average molecular weight is 407 g/mol. The van der Waals surface area contributed by atoms with E-state index in [1.807, 2.05) is 0 Å². The molecule has 0 amide bonds. The van der Waals surface area contributed by atoms with Crippen LogP contribution in [0, 0.1) is 13.8 Å². The molecule has 0 heterocycles. The van der Waals surface area contributed by atoms with E-state index in [4.69, 9.17) is 0 Å². The van der Waals surface area contributed by atoms with Crippen LogP contribution in [0.3, 0.4) is 0 Å². The zero-order valence-corrected chi connectivity index (χ0v) is 21.1. The lowest BCUT2D eigenvalue weighted by Crippen LogP contribution is -1.92. The van der Waals surface area contributed by atoms with Gasteiger partial charge in [-0.1, -0.05) is 69.9 Å². The van der Waals surface area contributed by atoms with Gasteiger partial charge < -0.3 is 0 Å². The Hall–Kier alpha value is -1.82. The zero-order valence-electron chi connectivity index (χ0n) is 21.1. The number of hydrogen-bond donors (Lipinski definition) is 0. The fourth-order valence-electron chi connectivity index (χ4n) is 3.63. The van der Waals surface area contributed by atoms with Crippen molar-refractivity contribution in [3.63, 3.8) is 0 Å². The summed E-state index contributed by atoms with van der Waals surface area (Å²) >= 11 is 0. The Labute approximate surface area is 187 Å². The van der Waals surface area contributed by atoms with Crippen molar-refractivity contribution in [3.05, 3.63) is 81.0 Å². The topological polar surface area (TPSA) is 0 Å². The summed E-state index contributed by atoms with van der Waals surface area (Å²) in [7, 11) is 0. The Morgan fingerprint density at radius 2 is 0.900 bits per heavy atom. The Morgan fingerprint density at radius 3 is 1.10 bits per heavy atom. The molecule has 0 radical (unpaired) electrons. The van der Waals surface area contributed by atoms with Gasteiger partial charge in [-0.2, -0.15) is 0 Å². The highest BCUT2D eigenvalue weighted by Crippen LogP contribution is 2.24. The fourth-order valence-corrected chi connectivity index (χ4v) is 3.63. The minimum Gasteiger partial charge on any atom is -0.0802 e. The minimum atomic E-state index is 1.17. The molecule has 3 aliphatic carbocycles. The van der Waals surface area contributed by atoms with Crippen LogP contribution in [-0.2, 0) is 0 Å². The van der Waals surface area contributed by atoms with Crippen LogP contribution >= 0.6 is 0 Å². The number of allylic oxidation sites excluding steroid dienone is 8. The fraction of sp³-hybridized carbons (Fsp3) is 0.533. The van der Waals surface area contributed by atoms with E-state index in [0.717, 1.165) is 0 Å². The molecule has 3 aliphatic rings. The Kier molecular flexibility index (Phi) is 12.4. The highest BCUT2D eigenvalue weighted by molar-refractivity contribution is 5.30. The van der Waals surface area contributed by atoms with Gasteiger partial charge in [0.15, 0.2) is 0 Å². The van der Waals surface area contributed by atoms with Crippen LogP contribution in [0.4, 0.5) is 0 Å². The van der Waals surface area contributed by atoms with E-state index in [1.54, 1.807) is 22.3 Å². The third kappa shape index (κ3) is 10.3. The molecule has 0 aromatic heterocycles. The second kappa shape index (κ2) is 14.2. The first-order chi connectivity index (χ1) is 14.2. The van der Waals surface area contributed by atoms with Crippen LogP contribution in [-0.4, -0.2) is 0 Å². The summed E-state index contributed by atoms with van der Waals surface area (Å²) in [6.07, 6.45) is 15.2. The van der Waals surface area contributed by atoms with Gasteiger partial charge in [0.1, 0.15) is 0 Å². The first kappa shape index (κ1) is 26.2. The van der Waals surface area contributed by atoms with Gasteiger partial charge in [0.25, 0.3) is 0 Å². The minimum absolute atomic E-state index is 1.17. The van der Waals surface area contributed by atoms with Crippen LogP contribution < -0.4 is 0 Å². The van der Waals surface area contributed by atoms with Gasteiger partial charge >= 0.3 is 0 Å². The quantitative estimate of drug-likeness (QED) is 0.376. The highest BCUT2D eigenvalue weighted by Gasteiger charge is 2.04. The maximum absolute atomic E-state index is 2.26. The van der Waals surface area contributed by atoms with Gasteiger partial charge in [-0.3, -0.25) is 0 Å². The summed E-state index contributed by atoms with van der Waals surface area (Å²) in [5.74, 6) is 0. The van der Waals surface area contributed by atoms with E-state index < -0.39 is 0 Å². The van der Waals surface area contributed by atoms with Gasteiger partial charge in [-0.25, -0.2) is 0 Å². The van der Waals surface area contributed by atoms with Crippen molar-refractivity contribution < 1.29 is 0 Å². The lowest BCUT2D eigenvalue weighted by molar-refractivity contribution is 0.672. The van der Waals surface area contributed by atoms with Crippen molar-refractivity contribution in [2.75, 3.05) is 0 Å². The smallest absolute Gasteiger partial charge is 0.0133 e. The first-order valence-electron chi connectivity index (χ1n) is 11.9. The third-order valence-electron chi connectivity index (χ3n) is 6.80. The summed E-state index contributed by atoms with van der Waals surface area (Å²) < 4.78 is 0. The molecule has 1 aromatic rings. The van der Waals surface area contributed by atoms with E-state index in [9.17, 15) is 0 Å². The van der Waals surface area contributed by atoms with Crippen molar-refractivity contribution in [2.45, 2.75) is 107 Å². The molecule has 0 nitrogen and oxygen atoms in total. The Balaban J connectivity index is 0.000000200. The van der Waals surface area contributed by atoms with E-state index in [2.05, 4.69) is 91.8 Å². The van der Waals surface area contributed by atoms with Crippen LogP contribution in [0.5, 0.6) is 0 Å². The molecule has 0 bridgehead atoms. The summed E-state index contributed by atoms with van der Waals surface area (Å²) in [4.78, 5) is 0. The van der Waals surface area contributed by atoms with Crippen molar-refractivity contribution in [2.24, 2.45) is 0 Å². The molecular formula is C30H46. The SMILES string of the molecule is CC1=C(C)CC=C1.CC1=C(C)CCC1.CC1=C(C)CCCC1.Cc1ccccc1C. The van der Waals surface area contributed by atoms with Crippen molar-refractivity contribution >= 4 is 0 Å². The molecule has 0 fully saturated rings. The zero-order chi connectivity index (χ0) is 22.5. The normalized spacial score (nSPS) is 17.7. The van der Waals surface area contributed by atoms with Gasteiger partial charge in [0, 0.05) is 0 Å². The molecule has 30 heavy (non-hydrogen) atoms. The van der Waals surface area contributed by atoms with Crippen molar-refractivity contribution in [3.8, 4) is 0 Å². The number of rotatable bonds is 0. The van der Waals surface area contributed by atoms with Crippen LogP contribution in [0.15, 0.2) is 69.9 Å². The number of hydrogen-bond acceptors (Lipinski definition) is 0. The van der Waals surface area contributed by atoms with Crippen molar-refractivity contribution in [1.29, 1.82) is 0 Å². The maximum Gasteiger partial charge on any atom is -0.0133 e.